The Bertz CT molecular complexity index is 588. The Kier molecular flexibility index (Phi) is 8.03. The number of rotatable bonds is 6. The maximum atomic E-state index is 12.1. The van der Waals surface area contributed by atoms with Gasteiger partial charge in [-0.15, -0.1) is 0 Å². The highest BCUT2D eigenvalue weighted by atomic mass is 79.9. The SMILES string of the molecule is CN(Cc1ccc(Br)c(Cl)c1)C(=O)CCCNC(=O)OC(C)(C)C. The van der Waals surface area contributed by atoms with Crippen molar-refractivity contribution >= 4 is 39.5 Å². The van der Waals surface area contributed by atoms with Crippen molar-refractivity contribution in [2.75, 3.05) is 13.6 Å². The predicted molar refractivity (Wildman–Crippen MR) is 99.1 cm³/mol. The molecule has 0 bridgehead atoms. The maximum Gasteiger partial charge on any atom is 0.407 e. The lowest BCUT2D eigenvalue weighted by molar-refractivity contribution is -0.130. The van der Waals surface area contributed by atoms with Crippen LogP contribution in [0.15, 0.2) is 22.7 Å². The fraction of sp³-hybridized carbons (Fsp3) is 0.529. The number of hydrogen-bond donors (Lipinski definition) is 1. The molecule has 0 radical (unpaired) electrons. The van der Waals surface area contributed by atoms with Crippen LogP contribution in [0.4, 0.5) is 4.79 Å². The predicted octanol–water partition coefficient (Wildman–Crippen LogP) is 4.37. The van der Waals surface area contributed by atoms with Gasteiger partial charge in [0.25, 0.3) is 0 Å². The van der Waals surface area contributed by atoms with E-state index in [9.17, 15) is 9.59 Å². The van der Waals surface area contributed by atoms with Crippen molar-refractivity contribution in [2.45, 2.75) is 45.8 Å². The molecule has 134 valence electrons. The van der Waals surface area contributed by atoms with Crippen molar-refractivity contribution in [3.63, 3.8) is 0 Å². The largest absolute Gasteiger partial charge is 0.444 e. The van der Waals surface area contributed by atoms with E-state index in [1.165, 1.54) is 0 Å². The van der Waals surface area contributed by atoms with Crippen molar-refractivity contribution in [3.8, 4) is 0 Å². The summed E-state index contributed by atoms with van der Waals surface area (Å²) in [7, 11) is 1.75. The highest BCUT2D eigenvalue weighted by Crippen LogP contribution is 2.23. The van der Waals surface area contributed by atoms with Crippen molar-refractivity contribution in [2.24, 2.45) is 0 Å². The Morgan fingerprint density at radius 2 is 2.00 bits per heavy atom. The monoisotopic (exact) mass is 418 g/mol. The molecular formula is C17H24BrClN2O3. The Hall–Kier alpha value is -1.27. The van der Waals surface area contributed by atoms with Crippen molar-refractivity contribution < 1.29 is 14.3 Å². The zero-order valence-electron chi connectivity index (χ0n) is 14.5. The quantitative estimate of drug-likeness (QED) is 0.697. The van der Waals surface area contributed by atoms with Crippen LogP contribution in [0.3, 0.4) is 0 Å². The zero-order valence-corrected chi connectivity index (χ0v) is 16.8. The molecule has 0 aliphatic rings. The Morgan fingerprint density at radius 1 is 1.33 bits per heavy atom. The topological polar surface area (TPSA) is 58.6 Å². The van der Waals surface area contributed by atoms with Gasteiger partial charge in [-0.25, -0.2) is 4.79 Å². The van der Waals surface area contributed by atoms with Gasteiger partial charge in [0, 0.05) is 31.0 Å². The summed E-state index contributed by atoms with van der Waals surface area (Å²) in [5, 5.41) is 3.26. The van der Waals surface area contributed by atoms with Gasteiger partial charge in [0.05, 0.1) is 5.02 Å². The summed E-state index contributed by atoms with van der Waals surface area (Å²) in [4.78, 5) is 25.3. The average molecular weight is 420 g/mol. The minimum Gasteiger partial charge on any atom is -0.444 e. The Balaban J connectivity index is 2.32. The number of alkyl carbamates (subject to hydrolysis) is 1. The highest BCUT2D eigenvalue weighted by Gasteiger charge is 2.16. The smallest absolute Gasteiger partial charge is 0.407 e. The van der Waals surface area contributed by atoms with E-state index < -0.39 is 11.7 Å². The van der Waals surface area contributed by atoms with Gasteiger partial charge >= 0.3 is 6.09 Å². The summed E-state index contributed by atoms with van der Waals surface area (Å²) < 4.78 is 5.96. The summed E-state index contributed by atoms with van der Waals surface area (Å²) in [6, 6.07) is 5.62. The van der Waals surface area contributed by atoms with E-state index in [0.29, 0.717) is 31.0 Å². The molecule has 0 aromatic heterocycles. The number of halogens is 2. The maximum absolute atomic E-state index is 12.1. The van der Waals surface area contributed by atoms with Crippen LogP contribution >= 0.6 is 27.5 Å². The molecule has 0 aliphatic carbocycles. The second-order valence-corrected chi connectivity index (χ2v) is 7.79. The van der Waals surface area contributed by atoms with Crippen molar-refractivity contribution in [3.05, 3.63) is 33.3 Å². The van der Waals surface area contributed by atoms with Gasteiger partial charge in [-0.3, -0.25) is 4.79 Å². The van der Waals surface area contributed by atoms with Gasteiger partial charge < -0.3 is 15.0 Å². The van der Waals surface area contributed by atoms with E-state index in [2.05, 4.69) is 21.2 Å². The minimum absolute atomic E-state index is 0.0139. The molecular weight excluding hydrogens is 396 g/mol. The summed E-state index contributed by atoms with van der Waals surface area (Å²) in [5.41, 5.74) is 0.442. The van der Waals surface area contributed by atoms with Crippen LogP contribution in [0.25, 0.3) is 0 Å². The zero-order chi connectivity index (χ0) is 18.3. The molecule has 2 amide bonds. The first-order chi connectivity index (χ1) is 11.1. The molecule has 0 heterocycles. The third-order valence-corrected chi connectivity index (χ3v) is 4.30. The van der Waals surface area contributed by atoms with Gasteiger partial charge in [0.1, 0.15) is 5.60 Å². The third kappa shape index (κ3) is 8.02. The average Bonchev–Trinajstić information content (AvgIpc) is 2.45. The number of nitrogens with one attached hydrogen (secondary N) is 1. The molecule has 0 atom stereocenters. The van der Waals surface area contributed by atoms with E-state index in [4.69, 9.17) is 16.3 Å². The van der Waals surface area contributed by atoms with Gasteiger partial charge in [-0.2, -0.15) is 0 Å². The molecule has 1 N–H and O–H groups in total. The summed E-state index contributed by atoms with van der Waals surface area (Å²) in [5.74, 6) is 0.0139. The Labute approximate surface area is 156 Å². The lowest BCUT2D eigenvalue weighted by Gasteiger charge is -2.20. The first-order valence-electron chi connectivity index (χ1n) is 7.73. The lowest BCUT2D eigenvalue weighted by atomic mass is 10.2. The van der Waals surface area contributed by atoms with Crippen LogP contribution in [-0.2, 0) is 16.1 Å². The number of carbonyl (C=O) groups excluding carboxylic acids is 2. The van der Waals surface area contributed by atoms with Crippen LogP contribution in [0.5, 0.6) is 0 Å². The summed E-state index contributed by atoms with van der Waals surface area (Å²) in [6.45, 7) is 6.31. The highest BCUT2D eigenvalue weighted by molar-refractivity contribution is 9.10. The lowest BCUT2D eigenvalue weighted by Crippen LogP contribution is -2.33. The van der Waals surface area contributed by atoms with Crippen molar-refractivity contribution in [1.29, 1.82) is 0 Å². The molecule has 7 heteroatoms. The van der Waals surface area contributed by atoms with Gasteiger partial charge in [0.15, 0.2) is 0 Å². The van der Waals surface area contributed by atoms with Crippen LogP contribution < -0.4 is 5.32 Å². The van der Waals surface area contributed by atoms with E-state index in [0.717, 1.165) is 10.0 Å². The summed E-state index contributed by atoms with van der Waals surface area (Å²) in [6.07, 6.45) is 0.452. The van der Waals surface area contributed by atoms with Gasteiger partial charge in [-0.05, 0) is 60.8 Å². The third-order valence-electron chi connectivity index (χ3n) is 3.07. The Morgan fingerprint density at radius 3 is 2.58 bits per heavy atom. The standard InChI is InChI=1S/C17H24BrClN2O3/c1-17(2,3)24-16(23)20-9-5-6-15(22)21(4)11-12-7-8-13(18)14(19)10-12/h7-8,10H,5-6,9,11H2,1-4H3,(H,20,23). The number of benzene rings is 1. The molecule has 0 unspecified atom stereocenters. The molecule has 1 aromatic carbocycles. The van der Waals surface area contributed by atoms with Crippen LogP contribution in [0, 0.1) is 0 Å². The van der Waals surface area contributed by atoms with Crippen LogP contribution in [-0.4, -0.2) is 36.1 Å². The second-order valence-electron chi connectivity index (χ2n) is 6.53. The number of amides is 2. The van der Waals surface area contributed by atoms with E-state index in [1.807, 2.05) is 18.2 Å². The number of ether oxygens (including phenoxy) is 1. The molecule has 5 nitrogen and oxygen atoms in total. The first-order valence-corrected chi connectivity index (χ1v) is 8.90. The number of carbonyl (C=O) groups is 2. The fourth-order valence-electron chi connectivity index (χ4n) is 1.94. The number of hydrogen-bond acceptors (Lipinski definition) is 3. The molecule has 0 saturated heterocycles. The van der Waals surface area contributed by atoms with E-state index >= 15 is 0 Å². The fourth-order valence-corrected chi connectivity index (χ4v) is 2.38. The molecule has 1 aromatic rings. The summed E-state index contributed by atoms with van der Waals surface area (Å²) >= 11 is 9.39. The van der Waals surface area contributed by atoms with E-state index in [1.54, 1.807) is 32.7 Å². The number of nitrogens with zero attached hydrogens (tertiary/aromatic N) is 1. The molecule has 1 rings (SSSR count). The van der Waals surface area contributed by atoms with Gasteiger partial charge in [0.2, 0.25) is 5.91 Å². The van der Waals surface area contributed by atoms with Crippen LogP contribution in [0.1, 0.15) is 39.2 Å². The normalized spacial score (nSPS) is 11.1. The van der Waals surface area contributed by atoms with Gasteiger partial charge in [-0.1, -0.05) is 17.7 Å². The van der Waals surface area contributed by atoms with E-state index in [-0.39, 0.29) is 5.91 Å². The molecule has 0 fully saturated rings. The second kappa shape index (κ2) is 9.28. The first kappa shape index (κ1) is 20.8. The molecule has 0 saturated carbocycles. The molecule has 0 spiro atoms. The van der Waals surface area contributed by atoms with Crippen LogP contribution in [0.2, 0.25) is 5.02 Å². The molecule has 24 heavy (non-hydrogen) atoms. The molecule has 0 aliphatic heterocycles. The minimum atomic E-state index is -0.522. The van der Waals surface area contributed by atoms with Crippen molar-refractivity contribution in [1.82, 2.24) is 10.2 Å².